The summed E-state index contributed by atoms with van der Waals surface area (Å²) < 4.78 is 10.1. The Kier molecular flexibility index (Phi) is 6.73. The second-order valence-electron chi connectivity index (χ2n) is 5.93. The molecule has 0 amide bonds. The number of esters is 2. The maximum absolute atomic E-state index is 11.9. The predicted molar refractivity (Wildman–Crippen MR) is 88.6 cm³/mol. The van der Waals surface area contributed by atoms with E-state index in [-0.39, 0.29) is 18.5 Å². The van der Waals surface area contributed by atoms with Crippen LogP contribution in [0.2, 0.25) is 0 Å². The number of benzene rings is 1. The molecule has 0 unspecified atom stereocenters. The molecule has 0 spiro atoms. The van der Waals surface area contributed by atoms with Gasteiger partial charge in [0.05, 0.1) is 0 Å². The molecule has 1 aliphatic carbocycles. The molecule has 0 atom stereocenters. The molecular formula is C19H22O5. The molecule has 0 saturated heterocycles. The first kappa shape index (κ1) is 17.9. The van der Waals surface area contributed by atoms with Crippen LogP contribution in [0.25, 0.3) is 0 Å². The van der Waals surface area contributed by atoms with Crippen LogP contribution < -0.4 is 0 Å². The van der Waals surface area contributed by atoms with Crippen molar-refractivity contribution in [3.63, 3.8) is 0 Å². The van der Waals surface area contributed by atoms with E-state index in [0.29, 0.717) is 5.56 Å². The Morgan fingerprint density at radius 2 is 1.62 bits per heavy atom. The minimum atomic E-state index is -0.740. The Labute approximate surface area is 141 Å². The van der Waals surface area contributed by atoms with Crippen LogP contribution in [0, 0.1) is 6.92 Å². The first-order valence-corrected chi connectivity index (χ1v) is 8.20. The zero-order chi connectivity index (χ0) is 17.4. The van der Waals surface area contributed by atoms with Gasteiger partial charge in [0.1, 0.15) is 6.10 Å². The molecule has 0 radical (unpaired) electrons. The summed E-state index contributed by atoms with van der Waals surface area (Å²) in [6.07, 6.45) is 7.02. The SMILES string of the molecule is Cc1ccc(C(=O)COC(=O)/C=C/C(=O)OC2CCCCC2)cc1. The van der Waals surface area contributed by atoms with Gasteiger partial charge in [-0.2, -0.15) is 0 Å². The van der Waals surface area contributed by atoms with Crippen LogP contribution in [0.4, 0.5) is 0 Å². The lowest BCUT2D eigenvalue weighted by molar-refractivity contribution is -0.145. The van der Waals surface area contributed by atoms with Gasteiger partial charge in [-0.3, -0.25) is 4.79 Å². The fourth-order valence-electron chi connectivity index (χ4n) is 2.53. The summed E-state index contributed by atoms with van der Waals surface area (Å²) in [5.74, 6) is -1.58. The minimum absolute atomic E-state index is 0.0602. The van der Waals surface area contributed by atoms with Gasteiger partial charge in [-0.1, -0.05) is 36.2 Å². The van der Waals surface area contributed by atoms with E-state index >= 15 is 0 Å². The molecule has 0 N–H and O–H groups in total. The van der Waals surface area contributed by atoms with E-state index in [1.165, 1.54) is 6.42 Å². The largest absolute Gasteiger partial charge is 0.459 e. The summed E-state index contributed by atoms with van der Waals surface area (Å²) >= 11 is 0. The molecule has 2 rings (SSSR count). The van der Waals surface area contributed by atoms with Crippen molar-refractivity contribution in [2.24, 2.45) is 0 Å². The number of hydrogen-bond acceptors (Lipinski definition) is 5. The van der Waals surface area contributed by atoms with Gasteiger partial charge in [-0.25, -0.2) is 9.59 Å². The summed E-state index contributed by atoms with van der Waals surface area (Å²) in [5, 5.41) is 0. The maximum atomic E-state index is 11.9. The Bertz CT molecular complexity index is 609. The van der Waals surface area contributed by atoms with Crippen molar-refractivity contribution in [3.05, 3.63) is 47.5 Å². The third-order valence-corrected chi connectivity index (χ3v) is 3.91. The standard InChI is InChI=1S/C19H22O5/c1-14-7-9-15(10-8-14)17(20)13-23-18(21)11-12-19(22)24-16-5-3-2-4-6-16/h7-12,16H,2-6,13H2,1H3/b12-11+. The second-order valence-corrected chi connectivity index (χ2v) is 5.93. The van der Waals surface area contributed by atoms with Crippen LogP contribution in [0.3, 0.4) is 0 Å². The van der Waals surface area contributed by atoms with E-state index in [4.69, 9.17) is 9.47 Å². The first-order valence-electron chi connectivity index (χ1n) is 8.20. The highest BCUT2D eigenvalue weighted by Gasteiger charge is 2.16. The van der Waals surface area contributed by atoms with Gasteiger partial charge in [-0.15, -0.1) is 0 Å². The van der Waals surface area contributed by atoms with Crippen molar-refractivity contribution in [1.29, 1.82) is 0 Å². The topological polar surface area (TPSA) is 69.7 Å². The zero-order valence-corrected chi connectivity index (χ0v) is 13.8. The van der Waals surface area contributed by atoms with Crippen LogP contribution in [-0.2, 0) is 19.1 Å². The summed E-state index contributed by atoms with van der Waals surface area (Å²) in [4.78, 5) is 35.1. The third-order valence-electron chi connectivity index (χ3n) is 3.91. The molecule has 1 aromatic rings. The van der Waals surface area contributed by atoms with Gasteiger partial charge < -0.3 is 9.47 Å². The molecule has 1 aromatic carbocycles. The van der Waals surface area contributed by atoms with Gasteiger partial charge in [0.2, 0.25) is 0 Å². The van der Waals surface area contributed by atoms with Gasteiger partial charge in [0.15, 0.2) is 12.4 Å². The van der Waals surface area contributed by atoms with Crippen LogP contribution >= 0.6 is 0 Å². The van der Waals surface area contributed by atoms with E-state index in [1.54, 1.807) is 12.1 Å². The summed E-state index contributed by atoms with van der Waals surface area (Å²) in [6, 6.07) is 7.00. The summed E-state index contributed by atoms with van der Waals surface area (Å²) in [7, 11) is 0. The molecule has 24 heavy (non-hydrogen) atoms. The van der Waals surface area contributed by atoms with E-state index in [2.05, 4.69) is 0 Å². The number of carbonyl (C=O) groups is 3. The quantitative estimate of drug-likeness (QED) is 0.455. The summed E-state index contributed by atoms with van der Waals surface area (Å²) in [5.41, 5.74) is 1.53. The maximum Gasteiger partial charge on any atom is 0.331 e. The molecule has 128 valence electrons. The molecule has 0 heterocycles. The summed E-state index contributed by atoms with van der Waals surface area (Å²) in [6.45, 7) is 1.56. The van der Waals surface area contributed by atoms with Crippen molar-refractivity contribution in [2.45, 2.75) is 45.1 Å². The monoisotopic (exact) mass is 330 g/mol. The van der Waals surface area contributed by atoms with Crippen LogP contribution in [0.5, 0.6) is 0 Å². The van der Waals surface area contributed by atoms with Gasteiger partial charge >= 0.3 is 11.9 Å². The van der Waals surface area contributed by atoms with Crippen molar-refractivity contribution in [3.8, 4) is 0 Å². The zero-order valence-electron chi connectivity index (χ0n) is 13.8. The van der Waals surface area contributed by atoms with Gasteiger partial charge in [0, 0.05) is 17.7 Å². The molecule has 1 fully saturated rings. The fourth-order valence-corrected chi connectivity index (χ4v) is 2.53. The van der Waals surface area contributed by atoms with E-state index in [1.807, 2.05) is 19.1 Å². The number of ketones is 1. The Hall–Kier alpha value is -2.43. The van der Waals surface area contributed by atoms with Crippen LogP contribution in [-0.4, -0.2) is 30.4 Å². The predicted octanol–water partition coefficient (Wildman–Crippen LogP) is 3.15. The molecule has 1 aliphatic rings. The molecule has 0 aromatic heterocycles. The number of rotatable bonds is 6. The van der Waals surface area contributed by atoms with Crippen molar-refractivity contribution >= 4 is 17.7 Å². The number of carbonyl (C=O) groups excluding carboxylic acids is 3. The number of hydrogen-bond donors (Lipinski definition) is 0. The number of Topliss-reactive ketones (excluding diaryl/α,β-unsaturated/α-hetero) is 1. The lowest BCUT2D eigenvalue weighted by Gasteiger charge is -2.20. The second kappa shape index (κ2) is 9.01. The molecule has 0 aliphatic heterocycles. The van der Waals surface area contributed by atoms with Gasteiger partial charge in [-0.05, 0) is 32.6 Å². The Morgan fingerprint density at radius 1 is 1.00 bits per heavy atom. The Balaban J connectivity index is 1.72. The number of aryl methyl sites for hydroxylation is 1. The highest BCUT2D eigenvalue weighted by Crippen LogP contribution is 2.20. The average Bonchev–Trinajstić information content (AvgIpc) is 2.59. The van der Waals surface area contributed by atoms with Crippen LogP contribution in [0.15, 0.2) is 36.4 Å². The molecule has 1 saturated carbocycles. The van der Waals surface area contributed by atoms with E-state index in [0.717, 1.165) is 43.4 Å². The van der Waals surface area contributed by atoms with Gasteiger partial charge in [0.25, 0.3) is 0 Å². The lowest BCUT2D eigenvalue weighted by atomic mass is 9.98. The molecule has 5 nitrogen and oxygen atoms in total. The molecular weight excluding hydrogens is 308 g/mol. The van der Waals surface area contributed by atoms with Crippen molar-refractivity contribution in [2.75, 3.05) is 6.61 Å². The Morgan fingerprint density at radius 3 is 2.29 bits per heavy atom. The normalized spacial score (nSPS) is 15.2. The van der Waals surface area contributed by atoms with Crippen molar-refractivity contribution < 1.29 is 23.9 Å². The fraction of sp³-hybridized carbons (Fsp3) is 0.421. The highest BCUT2D eigenvalue weighted by atomic mass is 16.5. The minimum Gasteiger partial charge on any atom is -0.459 e. The first-order chi connectivity index (χ1) is 11.5. The lowest BCUT2D eigenvalue weighted by Crippen LogP contribution is -2.20. The number of ether oxygens (including phenoxy) is 2. The van der Waals surface area contributed by atoms with E-state index in [9.17, 15) is 14.4 Å². The third kappa shape index (κ3) is 5.99. The molecule has 0 bridgehead atoms. The average molecular weight is 330 g/mol. The van der Waals surface area contributed by atoms with Crippen LogP contribution in [0.1, 0.15) is 48.0 Å². The van der Waals surface area contributed by atoms with E-state index < -0.39 is 11.9 Å². The smallest absolute Gasteiger partial charge is 0.331 e. The highest BCUT2D eigenvalue weighted by molar-refractivity contribution is 5.99. The van der Waals surface area contributed by atoms with Crippen molar-refractivity contribution in [1.82, 2.24) is 0 Å². The molecule has 5 heteroatoms.